The number of halogens is 1. The maximum atomic E-state index is 12.6. The van der Waals surface area contributed by atoms with Gasteiger partial charge in [-0.05, 0) is 31.6 Å². The zero-order valence-corrected chi connectivity index (χ0v) is 15.7. The third-order valence-electron chi connectivity index (χ3n) is 5.04. The van der Waals surface area contributed by atoms with E-state index < -0.39 is 10.0 Å². The number of furan rings is 1. The minimum atomic E-state index is -3.62. The van der Waals surface area contributed by atoms with Gasteiger partial charge in [0.2, 0.25) is 10.0 Å². The number of aryl methyl sites for hydroxylation is 1. The van der Waals surface area contributed by atoms with Crippen LogP contribution in [0, 0.1) is 18.8 Å². The van der Waals surface area contributed by atoms with Gasteiger partial charge in [-0.15, -0.1) is 12.4 Å². The van der Waals surface area contributed by atoms with E-state index in [2.05, 4.69) is 0 Å². The van der Waals surface area contributed by atoms with E-state index in [1.807, 2.05) is 0 Å². The van der Waals surface area contributed by atoms with Crippen molar-refractivity contribution in [3.63, 3.8) is 0 Å². The first-order valence-corrected chi connectivity index (χ1v) is 9.23. The average Bonchev–Trinajstić information content (AvgIpc) is 3.14. The summed E-state index contributed by atoms with van der Waals surface area (Å²) >= 11 is 0. The lowest BCUT2D eigenvalue weighted by molar-refractivity contribution is 0.0746. The van der Waals surface area contributed by atoms with Crippen LogP contribution >= 0.6 is 12.4 Å². The maximum Gasteiger partial charge on any atom is 0.289 e. The van der Waals surface area contributed by atoms with Gasteiger partial charge in [-0.3, -0.25) is 4.79 Å². The number of nitrogens with zero attached hydrogens (tertiary/aromatic N) is 2. The number of hydrogen-bond acceptors (Lipinski definition) is 5. The summed E-state index contributed by atoms with van der Waals surface area (Å²) in [4.78, 5) is 14.4. The van der Waals surface area contributed by atoms with E-state index in [1.54, 1.807) is 11.8 Å². The zero-order chi connectivity index (χ0) is 16.9. The predicted molar refractivity (Wildman–Crippen MR) is 91.7 cm³/mol. The van der Waals surface area contributed by atoms with Crippen molar-refractivity contribution in [2.45, 2.75) is 30.7 Å². The number of likely N-dealkylation sites (tertiary alicyclic amines) is 1. The van der Waals surface area contributed by atoms with E-state index in [0.717, 1.165) is 17.1 Å². The number of carbonyl (C=O) groups excluding carboxylic acids is 1. The van der Waals surface area contributed by atoms with E-state index in [4.69, 9.17) is 10.2 Å². The number of sulfonamides is 1. The second-order valence-electron chi connectivity index (χ2n) is 6.69. The third-order valence-corrected chi connectivity index (χ3v) is 6.96. The Morgan fingerprint density at radius 2 is 2.00 bits per heavy atom. The largest absolute Gasteiger partial charge is 0.455 e. The van der Waals surface area contributed by atoms with Crippen LogP contribution < -0.4 is 5.73 Å². The molecule has 3 atom stereocenters. The summed E-state index contributed by atoms with van der Waals surface area (Å²) in [5.41, 5.74) is 6.09. The first-order valence-electron chi connectivity index (χ1n) is 7.79. The third kappa shape index (κ3) is 3.08. The molecule has 2 N–H and O–H groups in total. The van der Waals surface area contributed by atoms with Crippen LogP contribution in [0.5, 0.6) is 0 Å². The molecule has 1 aromatic heterocycles. The first-order chi connectivity index (χ1) is 10.7. The molecule has 2 fully saturated rings. The molecule has 0 radical (unpaired) electrons. The molecule has 0 bridgehead atoms. The second-order valence-corrected chi connectivity index (χ2v) is 8.81. The van der Waals surface area contributed by atoms with Gasteiger partial charge in [0.15, 0.2) is 5.76 Å². The quantitative estimate of drug-likeness (QED) is 0.849. The number of hydrogen-bond donors (Lipinski definition) is 1. The van der Waals surface area contributed by atoms with Crippen LogP contribution in [0.4, 0.5) is 0 Å². The summed E-state index contributed by atoms with van der Waals surface area (Å²) in [6.45, 7) is 2.86. The molecule has 1 aliphatic carbocycles. The predicted octanol–water partition coefficient (Wildman–Crippen LogP) is 1.07. The molecule has 1 aromatic rings. The van der Waals surface area contributed by atoms with Crippen molar-refractivity contribution in [3.8, 4) is 0 Å². The highest BCUT2D eigenvalue weighted by Crippen LogP contribution is 2.38. The Labute approximate surface area is 148 Å². The van der Waals surface area contributed by atoms with E-state index >= 15 is 0 Å². The van der Waals surface area contributed by atoms with E-state index in [-0.39, 0.29) is 40.8 Å². The van der Waals surface area contributed by atoms with E-state index in [9.17, 15) is 13.2 Å². The smallest absolute Gasteiger partial charge is 0.289 e. The fourth-order valence-corrected chi connectivity index (χ4v) is 4.71. The molecule has 3 rings (SSSR count). The van der Waals surface area contributed by atoms with Crippen LogP contribution in [0.15, 0.2) is 15.4 Å². The highest BCUT2D eigenvalue weighted by molar-refractivity contribution is 7.89. The lowest BCUT2D eigenvalue weighted by atomic mass is 9.98. The standard InChI is InChI=1S/C15H23N3O4S.ClH/c1-9-14(23(20,21)17(2)3)6-13(22-9)15(19)18-7-10-4-5-12(16)11(10)8-18;/h6,10-12H,4-5,7-8,16H2,1-3H3;1H. The summed E-state index contributed by atoms with van der Waals surface area (Å²) in [6, 6.07) is 1.49. The molecule has 0 aromatic carbocycles. The van der Waals surface area contributed by atoms with Gasteiger partial charge in [-0.25, -0.2) is 12.7 Å². The summed E-state index contributed by atoms with van der Waals surface area (Å²) in [7, 11) is -0.717. The van der Waals surface area contributed by atoms with Gasteiger partial charge < -0.3 is 15.1 Å². The molecule has 1 aliphatic heterocycles. The normalized spacial score (nSPS) is 26.5. The number of amides is 1. The Bertz CT molecular complexity index is 731. The van der Waals surface area contributed by atoms with Crippen molar-refractivity contribution in [2.24, 2.45) is 17.6 Å². The van der Waals surface area contributed by atoms with Gasteiger partial charge in [-0.2, -0.15) is 0 Å². The number of rotatable bonds is 3. The number of carbonyl (C=O) groups is 1. The van der Waals surface area contributed by atoms with Gasteiger partial charge >= 0.3 is 0 Å². The topological polar surface area (TPSA) is 96.8 Å². The molecule has 1 amide bonds. The first kappa shape index (κ1) is 19.2. The van der Waals surface area contributed by atoms with E-state index in [1.165, 1.54) is 20.2 Å². The van der Waals surface area contributed by atoms with Crippen molar-refractivity contribution in [3.05, 3.63) is 17.6 Å². The number of nitrogens with two attached hydrogens (primary N) is 1. The lowest BCUT2D eigenvalue weighted by Gasteiger charge is -2.17. The van der Waals surface area contributed by atoms with Crippen molar-refractivity contribution in [1.29, 1.82) is 0 Å². The van der Waals surface area contributed by atoms with Crippen molar-refractivity contribution >= 4 is 28.3 Å². The SMILES string of the molecule is Cc1oc(C(=O)N2CC3CCC(N)C3C2)cc1S(=O)(=O)N(C)C.Cl. The van der Waals surface area contributed by atoms with Crippen molar-refractivity contribution in [2.75, 3.05) is 27.2 Å². The van der Waals surface area contributed by atoms with Gasteiger partial charge in [0, 0.05) is 39.3 Å². The summed E-state index contributed by atoms with van der Waals surface area (Å²) in [6.07, 6.45) is 2.06. The molecule has 2 heterocycles. The molecule has 2 aliphatic rings. The Morgan fingerprint density at radius 1 is 1.33 bits per heavy atom. The zero-order valence-electron chi connectivity index (χ0n) is 14.1. The Kier molecular flexibility index (Phi) is 5.34. The van der Waals surface area contributed by atoms with Gasteiger partial charge in [-0.1, -0.05) is 0 Å². The fourth-order valence-electron chi connectivity index (χ4n) is 3.65. The monoisotopic (exact) mass is 377 g/mol. The van der Waals surface area contributed by atoms with Crippen LogP contribution in [0.25, 0.3) is 0 Å². The molecule has 3 unspecified atom stereocenters. The van der Waals surface area contributed by atoms with Crippen molar-refractivity contribution in [1.82, 2.24) is 9.21 Å². The highest BCUT2D eigenvalue weighted by atomic mass is 35.5. The van der Waals surface area contributed by atoms with E-state index in [0.29, 0.717) is 24.9 Å². The highest BCUT2D eigenvalue weighted by Gasteiger charge is 2.43. The molecule has 1 saturated heterocycles. The Hall–Kier alpha value is -1.09. The van der Waals surface area contributed by atoms with Gasteiger partial charge in [0.1, 0.15) is 10.7 Å². The molecule has 136 valence electrons. The average molecular weight is 378 g/mol. The van der Waals surface area contributed by atoms with Crippen LogP contribution in [0.1, 0.15) is 29.2 Å². The second kappa shape index (κ2) is 6.67. The van der Waals surface area contributed by atoms with Crippen LogP contribution in [-0.4, -0.2) is 56.8 Å². The van der Waals surface area contributed by atoms with Gasteiger partial charge in [0.05, 0.1) is 0 Å². The Morgan fingerprint density at radius 3 is 2.58 bits per heavy atom. The fraction of sp³-hybridized carbons (Fsp3) is 0.667. The molecule has 0 spiro atoms. The Balaban J connectivity index is 0.00000208. The van der Waals surface area contributed by atoms with Crippen LogP contribution in [-0.2, 0) is 10.0 Å². The summed E-state index contributed by atoms with van der Waals surface area (Å²) < 4.78 is 31.0. The van der Waals surface area contributed by atoms with Gasteiger partial charge in [0.25, 0.3) is 5.91 Å². The van der Waals surface area contributed by atoms with Crippen molar-refractivity contribution < 1.29 is 17.6 Å². The minimum Gasteiger partial charge on any atom is -0.455 e. The molecular formula is C15H24ClN3O4S. The molecule has 9 heteroatoms. The van der Waals surface area contributed by atoms with Crippen LogP contribution in [0.3, 0.4) is 0 Å². The molecule has 24 heavy (non-hydrogen) atoms. The maximum absolute atomic E-state index is 12.6. The molecule has 1 saturated carbocycles. The summed E-state index contributed by atoms with van der Waals surface area (Å²) in [5.74, 6) is 0.861. The minimum absolute atomic E-state index is 0. The molecular weight excluding hydrogens is 354 g/mol. The lowest BCUT2D eigenvalue weighted by Crippen LogP contribution is -2.33. The molecule has 7 nitrogen and oxygen atoms in total. The summed E-state index contributed by atoms with van der Waals surface area (Å²) in [5, 5.41) is 0. The van der Waals surface area contributed by atoms with Crippen LogP contribution in [0.2, 0.25) is 0 Å². The number of fused-ring (bicyclic) bond motifs is 1.